The Morgan fingerprint density at radius 3 is 2.61 bits per heavy atom. The van der Waals surface area contributed by atoms with Gasteiger partial charge in [0.25, 0.3) is 0 Å². The van der Waals surface area contributed by atoms with Crippen LogP contribution in [-0.2, 0) is 16.5 Å². The van der Waals surface area contributed by atoms with Crippen molar-refractivity contribution in [3.63, 3.8) is 0 Å². The van der Waals surface area contributed by atoms with Crippen LogP contribution in [0.15, 0.2) is 49.1 Å². The van der Waals surface area contributed by atoms with Gasteiger partial charge in [-0.15, -0.1) is 0 Å². The molecule has 1 N–H and O–H groups in total. The number of pyridine rings is 1. The number of hydrogen-bond acceptors (Lipinski definition) is 7. The van der Waals surface area contributed by atoms with Crippen LogP contribution < -0.4 is 5.32 Å². The molecule has 0 saturated carbocycles. The molecule has 1 fully saturated rings. The summed E-state index contributed by atoms with van der Waals surface area (Å²) in [5.41, 5.74) is 6.89. The molecule has 10 nitrogen and oxygen atoms in total. The first kappa shape index (κ1) is 28.4. The molecule has 0 unspecified atom stereocenters. The second kappa shape index (κ2) is 12.1. The number of nitrogens with zero attached hydrogens (tertiary/aromatic N) is 5. The van der Waals surface area contributed by atoms with Crippen LogP contribution in [0.5, 0.6) is 0 Å². The number of carbonyl (C=O) groups excluding carboxylic acids is 2. The third-order valence-electron chi connectivity index (χ3n) is 7.53. The van der Waals surface area contributed by atoms with E-state index >= 15 is 0 Å². The number of aromatic nitrogens is 3. The number of aryl methyl sites for hydroxylation is 2. The molecule has 2 amide bonds. The van der Waals surface area contributed by atoms with Crippen LogP contribution in [0.4, 0.5) is 9.59 Å². The van der Waals surface area contributed by atoms with Gasteiger partial charge in [0, 0.05) is 39.4 Å². The smallest absolute Gasteiger partial charge is 0.410 e. The van der Waals surface area contributed by atoms with Gasteiger partial charge >= 0.3 is 12.2 Å². The fraction of sp³-hybridized carbons (Fsp3) is 0.419. The standard InChI is InChI=1S/C31H38N6O4/c1-6-40-30(38)34-28(26-18-32-19-35(26)5)25-17-22-8-7-11-33-27(22)29(23-10-9-21(4)16-24(23)25)36-12-14-37(15-13-36)31(39)41-20(2)3/h7-11,16-20,28-29H,6,12-15H2,1-5H3,(H,34,38)/t28-,29+/m1/s1. The molecule has 0 bridgehead atoms. The average molecular weight is 559 g/mol. The lowest BCUT2D eigenvalue weighted by atomic mass is 9.88. The van der Waals surface area contributed by atoms with E-state index in [1.54, 1.807) is 24.3 Å². The van der Waals surface area contributed by atoms with E-state index in [-0.39, 0.29) is 24.8 Å². The second-order valence-corrected chi connectivity index (χ2v) is 10.8. The molecule has 3 heterocycles. The fourth-order valence-corrected chi connectivity index (χ4v) is 5.63. The van der Waals surface area contributed by atoms with Gasteiger partial charge in [0.1, 0.15) is 0 Å². The molecule has 0 spiro atoms. The maximum absolute atomic E-state index is 12.8. The highest BCUT2D eigenvalue weighted by molar-refractivity contribution is 5.90. The summed E-state index contributed by atoms with van der Waals surface area (Å²) in [5.74, 6) is 0. The van der Waals surface area contributed by atoms with Crippen LogP contribution >= 0.6 is 0 Å². The van der Waals surface area contributed by atoms with E-state index in [9.17, 15) is 9.59 Å². The Balaban J connectivity index is 1.59. The normalized spacial score (nSPS) is 17.7. The van der Waals surface area contributed by atoms with Gasteiger partial charge in [0.15, 0.2) is 0 Å². The number of piperazine rings is 1. The minimum atomic E-state index is -0.517. The minimum absolute atomic E-state index is 0.145. The monoisotopic (exact) mass is 558 g/mol. The highest BCUT2D eigenvalue weighted by atomic mass is 16.6. The lowest BCUT2D eigenvalue weighted by molar-refractivity contribution is 0.0513. The van der Waals surface area contributed by atoms with E-state index in [0.717, 1.165) is 39.2 Å². The first-order valence-corrected chi connectivity index (χ1v) is 14.1. The number of benzene rings is 1. The Hall–Kier alpha value is -4.18. The predicted molar refractivity (Wildman–Crippen MR) is 156 cm³/mol. The molecule has 1 aliphatic heterocycles. The molecule has 5 rings (SSSR count). The highest BCUT2D eigenvalue weighted by Crippen LogP contribution is 2.43. The first-order valence-electron chi connectivity index (χ1n) is 14.1. The van der Waals surface area contributed by atoms with Crippen LogP contribution in [0.2, 0.25) is 0 Å². The lowest BCUT2D eigenvalue weighted by Gasteiger charge is -2.39. The van der Waals surface area contributed by atoms with Gasteiger partial charge < -0.3 is 24.3 Å². The van der Waals surface area contributed by atoms with Crippen molar-refractivity contribution in [2.45, 2.75) is 45.9 Å². The summed E-state index contributed by atoms with van der Waals surface area (Å²) in [6, 6.07) is 9.79. The van der Waals surface area contributed by atoms with Crippen molar-refractivity contribution in [3.05, 3.63) is 82.7 Å². The zero-order valence-electron chi connectivity index (χ0n) is 24.3. The maximum Gasteiger partial charge on any atom is 0.410 e. The summed E-state index contributed by atoms with van der Waals surface area (Å²) >= 11 is 0. The summed E-state index contributed by atoms with van der Waals surface area (Å²) in [6.45, 7) is 10.3. The van der Waals surface area contributed by atoms with Gasteiger partial charge in [-0.05, 0) is 62.1 Å². The van der Waals surface area contributed by atoms with Crippen molar-refractivity contribution >= 4 is 23.8 Å². The van der Waals surface area contributed by atoms with Gasteiger partial charge in [0.2, 0.25) is 0 Å². The highest BCUT2D eigenvalue weighted by Gasteiger charge is 2.36. The van der Waals surface area contributed by atoms with E-state index in [4.69, 9.17) is 14.5 Å². The number of rotatable bonds is 6. The number of carbonyl (C=O) groups is 2. The van der Waals surface area contributed by atoms with Gasteiger partial charge in [-0.1, -0.05) is 29.8 Å². The summed E-state index contributed by atoms with van der Waals surface area (Å²) in [4.78, 5) is 38.8. The topological polar surface area (TPSA) is 102 Å². The Morgan fingerprint density at radius 1 is 1.15 bits per heavy atom. The van der Waals surface area contributed by atoms with Crippen LogP contribution in [0, 0.1) is 6.92 Å². The molecule has 41 heavy (non-hydrogen) atoms. The van der Waals surface area contributed by atoms with Crippen molar-refractivity contribution in [2.75, 3.05) is 32.8 Å². The predicted octanol–water partition coefficient (Wildman–Crippen LogP) is 4.72. The Morgan fingerprint density at radius 2 is 1.93 bits per heavy atom. The molecule has 2 aromatic heterocycles. The third-order valence-corrected chi connectivity index (χ3v) is 7.53. The number of imidazole rings is 1. The van der Waals surface area contributed by atoms with Crippen molar-refractivity contribution in [1.29, 1.82) is 0 Å². The van der Waals surface area contributed by atoms with E-state index in [0.29, 0.717) is 26.2 Å². The molecule has 1 aliphatic carbocycles. The zero-order chi connectivity index (χ0) is 29.1. The van der Waals surface area contributed by atoms with Gasteiger partial charge in [-0.25, -0.2) is 14.6 Å². The Kier molecular flexibility index (Phi) is 8.39. The number of alkyl carbamates (subject to hydrolysis) is 1. The summed E-state index contributed by atoms with van der Waals surface area (Å²) in [7, 11) is 1.92. The summed E-state index contributed by atoms with van der Waals surface area (Å²) < 4.78 is 12.7. The molecule has 1 saturated heterocycles. The molecule has 3 aromatic rings. The van der Waals surface area contributed by atoms with E-state index in [2.05, 4.69) is 52.5 Å². The summed E-state index contributed by atoms with van der Waals surface area (Å²) in [5, 5.41) is 3.10. The number of amides is 2. The maximum atomic E-state index is 12.8. The van der Waals surface area contributed by atoms with Crippen LogP contribution in [0.25, 0.3) is 11.6 Å². The number of nitrogens with one attached hydrogen (secondary N) is 1. The van der Waals surface area contributed by atoms with E-state index in [1.807, 2.05) is 37.7 Å². The number of fused-ring (bicyclic) bond motifs is 2. The Bertz CT molecular complexity index is 1440. The fourth-order valence-electron chi connectivity index (χ4n) is 5.63. The van der Waals surface area contributed by atoms with E-state index in [1.165, 1.54) is 0 Å². The number of hydrogen-bond donors (Lipinski definition) is 1. The minimum Gasteiger partial charge on any atom is -0.450 e. The first-order chi connectivity index (χ1) is 19.8. The largest absolute Gasteiger partial charge is 0.450 e. The zero-order valence-corrected chi connectivity index (χ0v) is 24.3. The molecule has 2 atom stereocenters. The third kappa shape index (κ3) is 5.97. The van der Waals surface area contributed by atoms with Crippen LogP contribution in [0.1, 0.15) is 66.5 Å². The molecule has 0 radical (unpaired) electrons. The quantitative estimate of drug-likeness (QED) is 0.467. The molecule has 2 aliphatic rings. The SMILES string of the molecule is CCOC(=O)N[C@H](C1=Cc2cccnc2[C@@H](N2CCN(C(=O)OC(C)C)CC2)c2ccc(C)cc21)c1cncn1C. The number of ether oxygens (including phenoxy) is 2. The summed E-state index contributed by atoms with van der Waals surface area (Å²) in [6.07, 6.45) is 6.52. The van der Waals surface area contributed by atoms with Crippen LogP contribution in [0.3, 0.4) is 0 Å². The van der Waals surface area contributed by atoms with Crippen molar-refractivity contribution < 1.29 is 19.1 Å². The van der Waals surface area contributed by atoms with Crippen molar-refractivity contribution in [3.8, 4) is 0 Å². The van der Waals surface area contributed by atoms with Gasteiger partial charge in [-0.2, -0.15) is 0 Å². The molecular formula is C31H38N6O4. The molecular weight excluding hydrogens is 520 g/mol. The molecule has 216 valence electrons. The molecule has 1 aromatic carbocycles. The van der Waals surface area contributed by atoms with Crippen LogP contribution in [-0.4, -0.2) is 75.4 Å². The van der Waals surface area contributed by atoms with E-state index < -0.39 is 12.1 Å². The second-order valence-electron chi connectivity index (χ2n) is 10.8. The van der Waals surface area contributed by atoms with Gasteiger partial charge in [-0.3, -0.25) is 9.88 Å². The van der Waals surface area contributed by atoms with Crippen molar-refractivity contribution in [2.24, 2.45) is 7.05 Å². The average Bonchev–Trinajstić information content (AvgIpc) is 3.31. The lowest BCUT2D eigenvalue weighted by Crippen LogP contribution is -2.50. The van der Waals surface area contributed by atoms with Gasteiger partial charge in [0.05, 0.1) is 48.7 Å². The Labute approximate surface area is 241 Å². The molecule has 10 heteroatoms. The van der Waals surface area contributed by atoms with Crippen molar-refractivity contribution in [1.82, 2.24) is 29.7 Å².